The van der Waals surface area contributed by atoms with Gasteiger partial charge in [0.2, 0.25) is 0 Å². The lowest BCUT2D eigenvalue weighted by Gasteiger charge is -2.17. The van der Waals surface area contributed by atoms with Gasteiger partial charge in [-0.15, -0.1) is 0 Å². The summed E-state index contributed by atoms with van der Waals surface area (Å²) in [6.07, 6.45) is -0.187. The van der Waals surface area contributed by atoms with Crippen LogP contribution in [0.4, 0.5) is 0 Å². The molecule has 1 amide bonds. The smallest absolute Gasteiger partial charge is 0.252 e. The minimum absolute atomic E-state index is 0.0751. The maximum absolute atomic E-state index is 11.8. The molecular formula is C16H14ClNO2. The molecule has 3 nitrogen and oxygen atoms in total. The average Bonchev–Trinajstić information content (AvgIpc) is 2.77. The summed E-state index contributed by atoms with van der Waals surface area (Å²) in [6, 6.07) is 14.4. The van der Waals surface area contributed by atoms with Crippen LogP contribution in [-0.4, -0.2) is 11.0 Å². The Kier molecular flexibility index (Phi) is 3.47. The summed E-state index contributed by atoms with van der Waals surface area (Å²) >= 11 is 5.83. The van der Waals surface area contributed by atoms with Crippen LogP contribution in [0.5, 0.6) is 0 Å². The first kappa shape index (κ1) is 13.2. The van der Waals surface area contributed by atoms with Crippen molar-refractivity contribution in [2.45, 2.75) is 18.6 Å². The zero-order valence-electron chi connectivity index (χ0n) is 10.7. The van der Waals surface area contributed by atoms with Crippen LogP contribution in [-0.2, 0) is 0 Å². The molecule has 3 rings (SSSR count). The van der Waals surface area contributed by atoms with Gasteiger partial charge < -0.3 is 10.4 Å². The molecule has 0 bridgehead atoms. The summed E-state index contributed by atoms with van der Waals surface area (Å²) in [5, 5.41) is 13.8. The normalized spacial score (nSPS) is 18.5. The van der Waals surface area contributed by atoms with Crippen LogP contribution in [0.3, 0.4) is 0 Å². The Morgan fingerprint density at radius 1 is 1.15 bits per heavy atom. The van der Waals surface area contributed by atoms with Gasteiger partial charge in [0.25, 0.3) is 5.91 Å². The molecule has 0 radical (unpaired) electrons. The van der Waals surface area contributed by atoms with E-state index in [-0.39, 0.29) is 11.9 Å². The first-order valence-corrected chi connectivity index (χ1v) is 6.86. The SMILES string of the molecule is O=C1N[C@@H](C[C@@H](O)c2ccc(Cl)cc2)c2ccccc21. The van der Waals surface area contributed by atoms with Gasteiger partial charge in [-0.3, -0.25) is 4.79 Å². The van der Waals surface area contributed by atoms with E-state index in [1.807, 2.05) is 18.2 Å². The fraction of sp³-hybridized carbons (Fsp3) is 0.188. The minimum atomic E-state index is -0.635. The standard InChI is InChI=1S/C16H14ClNO2/c17-11-7-5-10(6-8-11)15(19)9-14-12-3-1-2-4-13(12)16(20)18-14/h1-8,14-15,19H,9H2,(H,18,20)/t14-,15+/m0/s1. The lowest BCUT2D eigenvalue weighted by atomic mass is 9.97. The van der Waals surface area contributed by atoms with E-state index in [2.05, 4.69) is 5.32 Å². The van der Waals surface area contributed by atoms with Gasteiger partial charge in [-0.1, -0.05) is 41.9 Å². The Morgan fingerprint density at radius 3 is 2.60 bits per heavy atom. The van der Waals surface area contributed by atoms with Crippen LogP contribution in [0.1, 0.15) is 40.1 Å². The van der Waals surface area contributed by atoms with Crippen LogP contribution in [0.25, 0.3) is 0 Å². The molecule has 1 aliphatic rings. The Morgan fingerprint density at radius 2 is 1.85 bits per heavy atom. The van der Waals surface area contributed by atoms with E-state index >= 15 is 0 Å². The van der Waals surface area contributed by atoms with E-state index in [1.165, 1.54) is 0 Å². The number of aliphatic hydroxyl groups excluding tert-OH is 1. The lowest BCUT2D eigenvalue weighted by Crippen LogP contribution is -2.20. The second-order valence-corrected chi connectivity index (χ2v) is 5.35. The number of rotatable bonds is 3. The predicted molar refractivity (Wildman–Crippen MR) is 77.7 cm³/mol. The van der Waals surface area contributed by atoms with E-state index in [0.717, 1.165) is 11.1 Å². The van der Waals surface area contributed by atoms with Gasteiger partial charge in [-0.25, -0.2) is 0 Å². The zero-order valence-corrected chi connectivity index (χ0v) is 11.5. The van der Waals surface area contributed by atoms with E-state index in [0.29, 0.717) is 17.0 Å². The summed E-state index contributed by atoms with van der Waals surface area (Å²) in [5.41, 5.74) is 2.44. The maximum atomic E-state index is 11.8. The molecule has 0 aromatic heterocycles. The molecule has 2 N–H and O–H groups in total. The third-order valence-electron chi connectivity index (χ3n) is 3.60. The number of hydrogen-bond acceptors (Lipinski definition) is 2. The number of fused-ring (bicyclic) bond motifs is 1. The topological polar surface area (TPSA) is 49.3 Å². The van der Waals surface area contributed by atoms with E-state index in [4.69, 9.17) is 11.6 Å². The van der Waals surface area contributed by atoms with Gasteiger partial charge >= 0.3 is 0 Å². The fourth-order valence-electron chi connectivity index (χ4n) is 2.55. The Balaban J connectivity index is 1.79. The first-order chi connectivity index (χ1) is 9.65. The number of nitrogens with one attached hydrogen (secondary N) is 1. The van der Waals surface area contributed by atoms with Crippen molar-refractivity contribution < 1.29 is 9.90 Å². The van der Waals surface area contributed by atoms with Crippen molar-refractivity contribution in [3.05, 3.63) is 70.2 Å². The molecule has 0 saturated carbocycles. The van der Waals surface area contributed by atoms with Crippen LogP contribution < -0.4 is 5.32 Å². The quantitative estimate of drug-likeness (QED) is 0.910. The number of carbonyl (C=O) groups excluding carboxylic acids is 1. The van der Waals surface area contributed by atoms with Crippen molar-refractivity contribution in [3.8, 4) is 0 Å². The van der Waals surface area contributed by atoms with E-state index < -0.39 is 6.10 Å². The largest absolute Gasteiger partial charge is 0.388 e. The molecular weight excluding hydrogens is 274 g/mol. The Labute approximate surface area is 122 Å². The van der Waals surface area contributed by atoms with Gasteiger partial charge in [0.15, 0.2) is 0 Å². The molecule has 0 unspecified atom stereocenters. The number of amides is 1. The van der Waals surface area contributed by atoms with Crippen molar-refractivity contribution in [1.82, 2.24) is 5.32 Å². The van der Waals surface area contributed by atoms with Crippen molar-refractivity contribution in [3.63, 3.8) is 0 Å². The maximum Gasteiger partial charge on any atom is 0.252 e. The summed E-state index contributed by atoms with van der Waals surface area (Å²) in [7, 11) is 0. The second-order valence-electron chi connectivity index (χ2n) is 4.92. The highest BCUT2D eigenvalue weighted by Gasteiger charge is 2.29. The molecule has 2 aromatic carbocycles. The third kappa shape index (κ3) is 2.42. The minimum Gasteiger partial charge on any atom is -0.388 e. The highest BCUT2D eigenvalue weighted by atomic mass is 35.5. The van der Waals surface area contributed by atoms with Crippen LogP contribution >= 0.6 is 11.6 Å². The molecule has 0 spiro atoms. The number of hydrogen-bond donors (Lipinski definition) is 2. The van der Waals surface area contributed by atoms with Crippen LogP contribution in [0, 0.1) is 0 Å². The summed E-state index contributed by atoms with van der Waals surface area (Å²) in [5.74, 6) is -0.0751. The van der Waals surface area contributed by atoms with E-state index in [1.54, 1.807) is 30.3 Å². The first-order valence-electron chi connectivity index (χ1n) is 6.48. The highest BCUT2D eigenvalue weighted by molar-refractivity contribution is 6.30. The van der Waals surface area contributed by atoms with Gasteiger partial charge in [-0.2, -0.15) is 0 Å². The van der Waals surface area contributed by atoms with Crippen molar-refractivity contribution in [2.75, 3.05) is 0 Å². The molecule has 2 aromatic rings. The molecule has 0 fully saturated rings. The molecule has 2 atom stereocenters. The van der Waals surface area contributed by atoms with Crippen molar-refractivity contribution in [2.24, 2.45) is 0 Å². The van der Waals surface area contributed by atoms with Gasteiger partial charge in [-0.05, 0) is 29.3 Å². The Hall–Kier alpha value is -1.84. The zero-order chi connectivity index (χ0) is 14.1. The molecule has 102 valence electrons. The average molecular weight is 288 g/mol. The number of halogens is 1. The van der Waals surface area contributed by atoms with Crippen molar-refractivity contribution >= 4 is 17.5 Å². The highest BCUT2D eigenvalue weighted by Crippen LogP contribution is 2.32. The van der Waals surface area contributed by atoms with Crippen molar-refractivity contribution in [1.29, 1.82) is 0 Å². The number of benzene rings is 2. The Bertz CT molecular complexity index is 639. The molecule has 1 aliphatic heterocycles. The molecule has 0 saturated heterocycles. The van der Waals surface area contributed by atoms with Gasteiger partial charge in [0.1, 0.15) is 0 Å². The summed E-state index contributed by atoms with van der Waals surface area (Å²) < 4.78 is 0. The third-order valence-corrected chi connectivity index (χ3v) is 3.85. The molecule has 4 heteroatoms. The monoisotopic (exact) mass is 287 g/mol. The number of carbonyl (C=O) groups is 1. The summed E-state index contributed by atoms with van der Waals surface area (Å²) in [4.78, 5) is 11.8. The van der Waals surface area contributed by atoms with Crippen LogP contribution in [0.2, 0.25) is 5.02 Å². The predicted octanol–water partition coefficient (Wildman–Crippen LogP) is 3.25. The lowest BCUT2D eigenvalue weighted by molar-refractivity contribution is 0.0938. The number of aliphatic hydroxyl groups is 1. The molecule has 0 aliphatic carbocycles. The summed E-state index contributed by atoms with van der Waals surface area (Å²) in [6.45, 7) is 0. The van der Waals surface area contributed by atoms with E-state index in [9.17, 15) is 9.90 Å². The fourth-order valence-corrected chi connectivity index (χ4v) is 2.68. The second kappa shape index (κ2) is 5.27. The molecule has 20 heavy (non-hydrogen) atoms. The molecule has 1 heterocycles. The van der Waals surface area contributed by atoms with Gasteiger partial charge in [0.05, 0.1) is 12.1 Å². The van der Waals surface area contributed by atoms with Crippen LogP contribution in [0.15, 0.2) is 48.5 Å². The van der Waals surface area contributed by atoms with Gasteiger partial charge in [0, 0.05) is 17.0 Å².